The van der Waals surface area contributed by atoms with Crippen LogP contribution in [-0.2, 0) is 19.6 Å². The Kier molecular flexibility index (Phi) is 6.85. The smallest absolute Gasteiger partial charge is 0.254 e. The highest BCUT2D eigenvalue weighted by molar-refractivity contribution is 7.89. The normalized spacial score (nSPS) is 16.4. The molecule has 10 nitrogen and oxygen atoms in total. The predicted octanol–water partition coefficient (Wildman–Crippen LogP) is 1.15. The summed E-state index contributed by atoms with van der Waals surface area (Å²) in [5.74, 6) is -0.150. The summed E-state index contributed by atoms with van der Waals surface area (Å²) in [5, 5.41) is 6.18. The van der Waals surface area contributed by atoms with Crippen LogP contribution in [0.2, 0.25) is 0 Å². The second-order valence-corrected chi connectivity index (χ2v) is 8.81. The van der Waals surface area contributed by atoms with E-state index in [-0.39, 0.29) is 35.5 Å². The molecule has 1 aromatic carbocycles. The molecule has 1 saturated heterocycles. The van der Waals surface area contributed by atoms with Gasteiger partial charge in [-0.15, -0.1) is 0 Å². The summed E-state index contributed by atoms with van der Waals surface area (Å²) in [6.45, 7) is 2.27. The Bertz CT molecular complexity index is 1010. The molecule has 0 aliphatic carbocycles. The number of ether oxygens (including phenoxy) is 1. The van der Waals surface area contributed by atoms with Crippen LogP contribution in [0.3, 0.4) is 0 Å². The monoisotopic (exact) mass is 436 g/mol. The topological polar surface area (TPSA) is 131 Å². The zero-order valence-electron chi connectivity index (χ0n) is 16.8. The molecule has 3 rings (SSSR count). The maximum absolute atomic E-state index is 12.7. The number of likely N-dealkylation sites (N-methyl/N-ethyl adjacent to an activating group) is 1. The number of carbonyl (C=O) groups is 2. The maximum atomic E-state index is 12.7. The number of anilines is 1. The molecule has 2 aromatic rings. The number of carbonyl (C=O) groups excluding carboxylic acids is 2. The first-order valence-corrected chi connectivity index (χ1v) is 10.9. The molecular formula is C19H24N4O6S. The Hall–Kier alpha value is -2.76. The van der Waals surface area contributed by atoms with Crippen molar-refractivity contribution in [3.8, 4) is 0 Å². The van der Waals surface area contributed by atoms with Gasteiger partial charge in [-0.1, -0.05) is 11.2 Å². The van der Waals surface area contributed by atoms with Gasteiger partial charge in [-0.3, -0.25) is 9.59 Å². The van der Waals surface area contributed by atoms with Crippen molar-refractivity contribution in [3.05, 3.63) is 41.7 Å². The highest BCUT2D eigenvalue weighted by atomic mass is 32.2. The second-order valence-electron chi connectivity index (χ2n) is 7.05. The first-order chi connectivity index (χ1) is 14.2. The number of hydrogen-bond acceptors (Lipinski definition) is 7. The van der Waals surface area contributed by atoms with Gasteiger partial charge in [0, 0.05) is 31.8 Å². The van der Waals surface area contributed by atoms with Crippen molar-refractivity contribution < 1.29 is 27.3 Å². The highest BCUT2D eigenvalue weighted by Crippen LogP contribution is 2.15. The fraction of sp³-hybridized carbons (Fsp3) is 0.421. The molecule has 2 amide bonds. The van der Waals surface area contributed by atoms with Crippen molar-refractivity contribution in [1.29, 1.82) is 0 Å². The van der Waals surface area contributed by atoms with E-state index < -0.39 is 21.8 Å². The van der Waals surface area contributed by atoms with Crippen molar-refractivity contribution >= 4 is 27.7 Å². The molecule has 0 saturated carbocycles. The fourth-order valence-corrected chi connectivity index (χ4v) is 4.11. The molecule has 1 aliphatic rings. The van der Waals surface area contributed by atoms with Crippen LogP contribution in [0.5, 0.6) is 0 Å². The molecule has 2 N–H and O–H groups in total. The Morgan fingerprint density at radius 3 is 2.77 bits per heavy atom. The number of nitrogens with zero attached hydrogens (tertiary/aromatic N) is 2. The van der Waals surface area contributed by atoms with Crippen LogP contribution in [0.1, 0.15) is 29.0 Å². The number of hydrogen-bond donors (Lipinski definition) is 2. The van der Waals surface area contributed by atoms with Crippen LogP contribution < -0.4 is 10.0 Å². The molecule has 2 heterocycles. The van der Waals surface area contributed by atoms with Gasteiger partial charge in [0.25, 0.3) is 5.91 Å². The predicted molar refractivity (Wildman–Crippen MR) is 107 cm³/mol. The molecule has 11 heteroatoms. The molecule has 0 spiro atoms. The number of aryl methyl sites for hydroxylation is 1. The standard InChI is InChI=1S/C19H24N4O6S/c1-13-9-17(22-29-13)21-18(24)12-23(2)19(25)14-5-3-7-16(10-14)30(26,27)20-11-15-6-4-8-28-15/h3,5,7,9-10,15,20H,4,6,8,11-12H2,1-2H3,(H,21,22,24). The van der Waals surface area contributed by atoms with Crippen molar-refractivity contribution in [1.82, 2.24) is 14.8 Å². The van der Waals surface area contributed by atoms with Crippen LogP contribution in [0.4, 0.5) is 5.82 Å². The summed E-state index contributed by atoms with van der Waals surface area (Å²) < 4.78 is 37.9. The van der Waals surface area contributed by atoms with Crippen molar-refractivity contribution in [2.24, 2.45) is 0 Å². The van der Waals surface area contributed by atoms with Crippen molar-refractivity contribution in [2.45, 2.75) is 30.8 Å². The van der Waals surface area contributed by atoms with Gasteiger partial charge in [0.2, 0.25) is 15.9 Å². The molecule has 0 radical (unpaired) electrons. The van der Waals surface area contributed by atoms with Gasteiger partial charge >= 0.3 is 0 Å². The Morgan fingerprint density at radius 1 is 1.30 bits per heavy atom. The first kappa shape index (κ1) is 21.9. The summed E-state index contributed by atoms with van der Waals surface area (Å²) in [7, 11) is -2.34. The summed E-state index contributed by atoms with van der Waals surface area (Å²) in [6, 6.07) is 7.23. The number of aromatic nitrogens is 1. The lowest BCUT2D eigenvalue weighted by Crippen LogP contribution is -2.35. The lowest BCUT2D eigenvalue weighted by atomic mass is 10.2. The number of sulfonamides is 1. The molecule has 0 bridgehead atoms. The van der Waals surface area contributed by atoms with Crippen LogP contribution >= 0.6 is 0 Å². The van der Waals surface area contributed by atoms with Gasteiger partial charge < -0.3 is 19.5 Å². The zero-order chi connectivity index (χ0) is 21.7. The number of benzene rings is 1. The quantitative estimate of drug-likeness (QED) is 0.635. The third-order valence-electron chi connectivity index (χ3n) is 4.54. The first-order valence-electron chi connectivity index (χ1n) is 9.44. The van der Waals surface area contributed by atoms with Gasteiger partial charge in [-0.05, 0) is 38.0 Å². The summed E-state index contributed by atoms with van der Waals surface area (Å²) in [4.78, 5) is 25.9. The molecule has 1 unspecified atom stereocenters. The number of nitrogens with one attached hydrogen (secondary N) is 2. The number of amides is 2. The van der Waals surface area contributed by atoms with Gasteiger partial charge in [-0.25, -0.2) is 13.1 Å². The molecule has 30 heavy (non-hydrogen) atoms. The van der Waals surface area contributed by atoms with E-state index in [9.17, 15) is 18.0 Å². The van der Waals surface area contributed by atoms with Crippen LogP contribution in [0.15, 0.2) is 39.8 Å². The Balaban J connectivity index is 1.61. The molecular weight excluding hydrogens is 412 g/mol. The van der Waals surface area contributed by atoms with Gasteiger partial charge in [0.1, 0.15) is 5.76 Å². The summed E-state index contributed by atoms with van der Waals surface area (Å²) in [6.07, 6.45) is 1.58. The Labute approximate surface area is 174 Å². The average Bonchev–Trinajstić information content (AvgIpc) is 3.37. The van der Waals surface area contributed by atoms with Crippen LogP contribution in [0.25, 0.3) is 0 Å². The molecule has 1 aliphatic heterocycles. The lowest BCUT2D eigenvalue weighted by Gasteiger charge is -2.17. The summed E-state index contributed by atoms with van der Waals surface area (Å²) in [5.41, 5.74) is 0.155. The third-order valence-corrected chi connectivity index (χ3v) is 5.96. The van der Waals surface area contributed by atoms with Crippen LogP contribution in [-0.4, -0.2) is 63.1 Å². The fourth-order valence-electron chi connectivity index (χ4n) is 3.00. The minimum atomic E-state index is -3.79. The van der Waals surface area contributed by atoms with Crippen LogP contribution in [0, 0.1) is 6.92 Å². The van der Waals surface area contributed by atoms with E-state index in [0.29, 0.717) is 12.4 Å². The molecule has 162 valence electrons. The van der Waals surface area contributed by atoms with E-state index in [2.05, 4.69) is 15.2 Å². The van der Waals surface area contributed by atoms with E-state index in [1.54, 1.807) is 13.0 Å². The number of rotatable bonds is 8. The van der Waals surface area contributed by atoms with Crippen molar-refractivity contribution in [3.63, 3.8) is 0 Å². The summed E-state index contributed by atoms with van der Waals surface area (Å²) >= 11 is 0. The SMILES string of the molecule is Cc1cc(NC(=O)CN(C)C(=O)c2cccc(S(=O)(=O)NCC3CCCO3)c2)no1. The third kappa shape index (κ3) is 5.65. The Morgan fingerprint density at radius 2 is 2.10 bits per heavy atom. The van der Waals surface area contributed by atoms with E-state index in [1.807, 2.05) is 0 Å². The second kappa shape index (κ2) is 9.37. The van der Waals surface area contributed by atoms with E-state index in [1.165, 1.54) is 36.2 Å². The maximum Gasteiger partial charge on any atom is 0.254 e. The minimum Gasteiger partial charge on any atom is -0.377 e. The highest BCUT2D eigenvalue weighted by Gasteiger charge is 2.22. The largest absolute Gasteiger partial charge is 0.377 e. The lowest BCUT2D eigenvalue weighted by molar-refractivity contribution is -0.116. The van der Waals surface area contributed by atoms with Gasteiger partial charge in [0.05, 0.1) is 17.5 Å². The van der Waals surface area contributed by atoms with Crippen molar-refractivity contribution in [2.75, 3.05) is 32.1 Å². The van der Waals surface area contributed by atoms with Gasteiger partial charge in [-0.2, -0.15) is 0 Å². The average molecular weight is 436 g/mol. The van der Waals surface area contributed by atoms with E-state index in [4.69, 9.17) is 9.26 Å². The van der Waals surface area contributed by atoms with E-state index >= 15 is 0 Å². The molecule has 1 aromatic heterocycles. The zero-order valence-corrected chi connectivity index (χ0v) is 17.6. The van der Waals surface area contributed by atoms with Gasteiger partial charge in [0.15, 0.2) is 5.82 Å². The molecule has 1 fully saturated rings. The molecule has 1 atom stereocenters. The van der Waals surface area contributed by atoms with E-state index in [0.717, 1.165) is 12.8 Å². The minimum absolute atomic E-state index is 0.0257.